The molecule has 3 rings (SSSR count). The zero-order valence-corrected chi connectivity index (χ0v) is 15.1. The highest BCUT2D eigenvalue weighted by Gasteiger charge is 2.12. The molecule has 0 atom stereocenters. The maximum absolute atomic E-state index is 13.7. The van der Waals surface area contributed by atoms with Crippen LogP contribution in [-0.4, -0.2) is 25.1 Å². The molecule has 8 heteroatoms. The first-order valence-electron chi connectivity index (χ1n) is 8.21. The molecule has 6 nitrogen and oxygen atoms in total. The average Bonchev–Trinajstić information content (AvgIpc) is 2.70. The van der Waals surface area contributed by atoms with Crippen molar-refractivity contribution in [1.82, 2.24) is 4.98 Å². The van der Waals surface area contributed by atoms with Crippen LogP contribution in [0.15, 0.2) is 54.7 Å². The number of hydrogen-bond donors (Lipinski definition) is 2. The molecule has 144 valence electrons. The third kappa shape index (κ3) is 4.35. The van der Waals surface area contributed by atoms with Gasteiger partial charge in [0.2, 0.25) is 0 Å². The summed E-state index contributed by atoms with van der Waals surface area (Å²) in [5.74, 6) is -0.816. The number of hydrogen-bond acceptors (Lipinski definition) is 5. The highest BCUT2D eigenvalue weighted by molar-refractivity contribution is 6.03. The summed E-state index contributed by atoms with van der Waals surface area (Å²) in [4.78, 5) is 16.5. The Morgan fingerprint density at radius 2 is 1.79 bits per heavy atom. The predicted octanol–water partition coefficient (Wildman–Crippen LogP) is 4.37. The number of carbonyl (C=O) groups is 1. The molecule has 2 aromatic carbocycles. The Hall–Kier alpha value is -3.68. The molecule has 1 heterocycles. The molecular formula is C20H17F2N3O3. The van der Waals surface area contributed by atoms with Gasteiger partial charge in [-0.3, -0.25) is 4.79 Å². The minimum Gasteiger partial charge on any atom is -0.497 e. The summed E-state index contributed by atoms with van der Waals surface area (Å²) in [6.07, 6.45) is 1.38. The van der Waals surface area contributed by atoms with Crippen LogP contribution in [0, 0.1) is 11.6 Å². The van der Waals surface area contributed by atoms with Crippen LogP contribution in [0.4, 0.5) is 25.8 Å². The lowest BCUT2D eigenvalue weighted by atomic mass is 10.2. The molecule has 0 saturated heterocycles. The van der Waals surface area contributed by atoms with E-state index in [4.69, 9.17) is 9.47 Å². The zero-order chi connectivity index (χ0) is 20.1. The maximum Gasteiger partial charge on any atom is 0.274 e. The average molecular weight is 385 g/mol. The van der Waals surface area contributed by atoms with Crippen molar-refractivity contribution in [3.05, 3.63) is 72.1 Å². The van der Waals surface area contributed by atoms with Crippen LogP contribution < -0.4 is 20.1 Å². The molecule has 28 heavy (non-hydrogen) atoms. The van der Waals surface area contributed by atoms with E-state index in [0.717, 1.165) is 12.1 Å². The normalized spacial score (nSPS) is 10.3. The van der Waals surface area contributed by atoms with Crippen molar-refractivity contribution in [1.29, 1.82) is 0 Å². The van der Waals surface area contributed by atoms with Gasteiger partial charge >= 0.3 is 0 Å². The molecule has 0 bridgehead atoms. The van der Waals surface area contributed by atoms with E-state index < -0.39 is 17.5 Å². The Morgan fingerprint density at radius 3 is 2.43 bits per heavy atom. The van der Waals surface area contributed by atoms with Gasteiger partial charge in [-0.2, -0.15) is 0 Å². The fraction of sp³-hybridized carbons (Fsp3) is 0.100. The lowest BCUT2D eigenvalue weighted by Gasteiger charge is -2.12. The Morgan fingerprint density at radius 1 is 0.964 bits per heavy atom. The van der Waals surface area contributed by atoms with Crippen LogP contribution in [0.5, 0.6) is 11.5 Å². The van der Waals surface area contributed by atoms with Crippen LogP contribution >= 0.6 is 0 Å². The first kappa shape index (κ1) is 19.1. The number of ether oxygens (including phenoxy) is 2. The minimum absolute atomic E-state index is 0.0986. The number of amides is 1. The number of carbonyl (C=O) groups excluding carboxylic acids is 1. The van der Waals surface area contributed by atoms with E-state index in [1.807, 2.05) is 0 Å². The minimum atomic E-state index is -0.730. The Labute approximate surface area is 160 Å². The summed E-state index contributed by atoms with van der Waals surface area (Å²) in [7, 11) is 3.01. The highest BCUT2D eigenvalue weighted by atomic mass is 19.1. The second kappa shape index (κ2) is 8.34. The molecule has 0 aliphatic carbocycles. The molecule has 0 aliphatic rings. The van der Waals surface area contributed by atoms with E-state index in [1.165, 1.54) is 32.5 Å². The van der Waals surface area contributed by atoms with Crippen molar-refractivity contribution in [2.75, 3.05) is 24.9 Å². The van der Waals surface area contributed by atoms with Crippen molar-refractivity contribution in [3.63, 3.8) is 0 Å². The van der Waals surface area contributed by atoms with E-state index >= 15 is 0 Å². The molecule has 0 spiro atoms. The largest absolute Gasteiger partial charge is 0.497 e. The SMILES string of the molecule is COc1ccc(OC)c(NC(=O)c2ccc(Nc3ccc(F)cc3F)cn2)c1. The summed E-state index contributed by atoms with van der Waals surface area (Å²) >= 11 is 0. The molecule has 2 N–H and O–H groups in total. The molecule has 0 unspecified atom stereocenters. The van der Waals surface area contributed by atoms with Gasteiger partial charge in [-0.1, -0.05) is 0 Å². The third-order valence-corrected chi connectivity index (χ3v) is 3.86. The fourth-order valence-electron chi connectivity index (χ4n) is 2.45. The third-order valence-electron chi connectivity index (χ3n) is 3.86. The number of aromatic nitrogens is 1. The van der Waals surface area contributed by atoms with Crippen molar-refractivity contribution in [2.45, 2.75) is 0 Å². The van der Waals surface area contributed by atoms with E-state index in [1.54, 1.807) is 24.3 Å². The molecule has 0 aliphatic heterocycles. The lowest BCUT2D eigenvalue weighted by Crippen LogP contribution is -2.14. The van der Waals surface area contributed by atoms with Gasteiger partial charge in [-0.15, -0.1) is 0 Å². The first-order chi connectivity index (χ1) is 13.5. The van der Waals surface area contributed by atoms with Crippen molar-refractivity contribution >= 4 is 23.0 Å². The van der Waals surface area contributed by atoms with Crippen LogP contribution in [0.1, 0.15) is 10.5 Å². The summed E-state index contributed by atoms with van der Waals surface area (Å²) < 4.78 is 37.0. The Balaban J connectivity index is 1.73. The number of methoxy groups -OCH3 is 2. The number of benzene rings is 2. The number of nitrogens with zero attached hydrogens (tertiary/aromatic N) is 1. The smallest absolute Gasteiger partial charge is 0.274 e. The van der Waals surface area contributed by atoms with E-state index in [2.05, 4.69) is 15.6 Å². The van der Waals surface area contributed by atoms with Crippen molar-refractivity contribution in [3.8, 4) is 11.5 Å². The molecule has 0 saturated carbocycles. The van der Waals surface area contributed by atoms with E-state index in [-0.39, 0.29) is 11.4 Å². The predicted molar refractivity (Wildman–Crippen MR) is 101 cm³/mol. The molecule has 0 radical (unpaired) electrons. The van der Waals surface area contributed by atoms with Gasteiger partial charge in [-0.05, 0) is 36.4 Å². The molecular weight excluding hydrogens is 368 g/mol. The zero-order valence-electron chi connectivity index (χ0n) is 15.1. The first-order valence-corrected chi connectivity index (χ1v) is 8.21. The van der Waals surface area contributed by atoms with Gasteiger partial charge in [0.1, 0.15) is 28.8 Å². The highest BCUT2D eigenvalue weighted by Crippen LogP contribution is 2.29. The van der Waals surface area contributed by atoms with Crippen LogP contribution in [0.3, 0.4) is 0 Å². The summed E-state index contributed by atoms with van der Waals surface area (Å²) in [6.45, 7) is 0. The summed E-state index contributed by atoms with van der Waals surface area (Å²) in [6, 6.07) is 11.2. The number of nitrogens with one attached hydrogen (secondary N) is 2. The summed E-state index contributed by atoms with van der Waals surface area (Å²) in [5, 5.41) is 5.48. The molecule has 1 aromatic heterocycles. The number of halogens is 2. The number of pyridine rings is 1. The number of rotatable bonds is 6. The van der Waals surface area contributed by atoms with Crippen LogP contribution in [-0.2, 0) is 0 Å². The van der Waals surface area contributed by atoms with Crippen molar-refractivity contribution < 1.29 is 23.0 Å². The fourth-order valence-corrected chi connectivity index (χ4v) is 2.45. The topological polar surface area (TPSA) is 72.5 Å². The van der Waals surface area contributed by atoms with Gasteiger partial charge < -0.3 is 20.1 Å². The standard InChI is InChI=1S/C20H17F2N3O3/c1-27-14-5-8-19(28-2)18(10-14)25-20(26)17-7-4-13(11-23-17)24-16-6-3-12(21)9-15(16)22/h3-11,24H,1-2H3,(H,25,26). The Kier molecular flexibility index (Phi) is 5.69. The molecule has 3 aromatic rings. The summed E-state index contributed by atoms with van der Waals surface area (Å²) in [5.41, 5.74) is 1.13. The van der Waals surface area contributed by atoms with Gasteiger partial charge in [-0.25, -0.2) is 13.8 Å². The lowest BCUT2D eigenvalue weighted by molar-refractivity contribution is 0.102. The second-order valence-corrected chi connectivity index (χ2v) is 5.70. The van der Waals surface area contributed by atoms with E-state index in [0.29, 0.717) is 22.9 Å². The van der Waals surface area contributed by atoms with Gasteiger partial charge in [0.15, 0.2) is 0 Å². The quantitative estimate of drug-likeness (QED) is 0.659. The number of anilines is 3. The van der Waals surface area contributed by atoms with Gasteiger partial charge in [0, 0.05) is 12.1 Å². The Bertz CT molecular complexity index is 994. The van der Waals surface area contributed by atoms with E-state index in [9.17, 15) is 13.6 Å². The van der Waals surface area contributed by atoms with Crippen molar-refractivity contribution in [2.24, 2.45) is 0 Å². The maximum atomic E-state index is 13.7. The van der Waals surface area contributed by atoms with Crippen LogP contribution in [0.2, 0.25) is 0 Å². The van der Waals surface area contributed by atoms with Gasteiger partial charge in [0.05, 0.1) is 37.5 Å². The van der Waals surface area contributed by atoms with Crippen LogP contribution in [0.25, 0.3) is 0 Å². The molecule has 0 fully saturated rings. The monoisotopic (exact) mass is 385 g/mol. The molecule has 1 amide bonds. The van der Waals surface area contributed by atoms with Gasteiger partial charge in [0.25, 0.3) is 5.91 Å². The second-order valence-electron chi connectivity index (χ2n) is 5.70.